The van der Waals surface area contributed by atoms with Crippen LogP contribution >= 0.6 is 0 Å². The van der Waals surface area contributed by atoms with Crippen molar-refractivity contribution in [3.05, 3.63) is 53.2 Å². The van der Waals surface area contributed by atoms with Gasteiger partial charge in [-0.2, -0.15) is 0 Å². The number of nitrogens with zero attached hydrogens (tertiary/aromatic N) is 3. The normalized spacial score (nSPS) is 24.1. The molecule has 7 heteroatoms. The Labute approximate surface area is 202 Å². The van der Waals surface area contributed by atoms with Gasteiger partial charge in [-0.1, -0.05) is 31.2 Å². The smallest absolute Gasteiger partial charge is 0.313 e. The molecular formula is C27H37N5O2. The van der Waals surface area contributed by atoms with Crippen molar-refractivity contribution in [2.24, 2.45) is 5.92 Å². The van der Waals surface area contributed by atoms with Crippen LogP contribution in [0.15, 0.2) is 36.5 Å². The summed E-state index contributed by atoms with van der Waals surface area (Å²) >= 11 is 0. The number of nitrogens with one attached hydrogen (secondary N) is 1. The van der Waals surface area contributed by atoms with Crippen LogP contribution in [0.5, 0.6) is 0 Å². The van der Waals surface area contributed by atoms with E-state index in [2.05, 4.69) is 60.4 Å². The van der Waals surface area contributed by atoms with E-state index in [1.165, 1.54) is 11.8 Å². The van der Waals surface area contributed by atoms with E-state index in [1.54, 1.807) is 11.0 Å². The molecule has 0 bridgehead atoms. The topological polar surface area (TPSA) is 91.6 Å². The number of anilines is 2. The van der Waals surface area contributed by atoms with Gasteiger partial charge in [-0.25, -0.2) is 4.98 Å². The van der Waals surface area contributed by atoms with E-state index in [-0.39, 0.29) is 0 Å². The molecule has 2 aliphatic heterocycles. The maximum absolute atomic E-state index is 13.5. The van der Waals surface area contributed by atoms with Crippen LogP contribution in [0.1, 0.15) is 62.1 Å². The fourth-order valence-corrected chi connectivity index (χ4v) is 5.30. The number of aryl methyl sites for hydroxylation is 1. The van der Waals surface area contributed by atoms with Crippen LogP contribution in [-0.2, 0) is 15.1 Å². The monoisotopic (exact) mass is 463 g/mol. The lowest BCUT2D eigenvalue weighted by Gasteiger charge is -2.47. The molecule has 182 valence electrons. The number of aromatic nitrogens is 1. The van der Waals surface area contributed by atoms with E-state index in [0.29, 0.717) is 29.9 Å². The van der Waals surface area contributed by atoms with E-state index in [9.17, 15) is 9.59 Å². The number of rotatable bonds is 3. The Morgan fingerprint density at radius 3 is 2.62 bits per heavy atom. The summed E-state index contributed by atoms with van der Waals surface area (Å²) in [5, 5.41) is 2.73. The fraction of sp³-hybridized carbons (Fsp3) is 0.519. The molecule has 2 aliphatic rings. The quantitative estimate of drug-likeness (QED) is 0.674. The zero-order chi connectivity index (χ0) is 24.5. The maximum atomic E-state index is 13.5. The number of hydrogen-bond acceptors (Lipinski definition) is 5. The predicted octanol–water partition coefficient (Wildman–Crippen LogP) is 3.89. The Kier molecular flexibility index (Phi) is 6.94. The minimum absolute atomic E-state index is 0.335. The molecule has 0 radical (unpaired) electrons. The Balaban J connectivity index is 1.58. The van der Waals surface area contributed by atoms with Crippen molar-refractivity contribution in [3.63, 3.8) is 0 Å². The van der Waals surface area contributed by atoms with Crippen LogP contribution in [-0.4, -0.2) is 53.3 Å². The second-order valence-electron chi connectivity index (χ2n) is 10.4. The molecule has 3 N–H and O–H groups in total. The molecule has 0 spiro atoms. The largest absolute Gasteiger partial charge is 0.383 e. The van der Waals surface area contributed by atoms with Crippen LogP contribution in [0.3, 0.4) is 0 Å². The van der Waals surface area contributed by atoms with E-state index in [0.717, 1.165) is 49.9 Å². The van der Waals surface area contributed by atoms with Crippen molar-refractivity contribution in [2.75, 3.05) is 37.7 Å². The molecule has 2 amide bonds. The average molecular weight is 464 g/mol. The number of likely N-dealkylation sites (tertiary alicyclic amines) is 2. The highest BCUT2D eigenvalue weighted by Crippen LogP contribution is 2.41. The summed E-state index contributed by atoms with van der Waals surface area (Å²) in [4.78, 5) is 34.7. The minimum atomic E-state index is -0.641. The molecule has 2 saturated heterocycles. The van der Waals surface area contributed by atoms with E-state index >= 15 is 0 Å². The number of piperidine rings is 2. The maximum Gasteiger partial charge on any atom is 0.313 e. The third kappa shape index (κ3) is 4.94. The first-order valence-electron chi connectivity index (χ1n) is 12.3. The summed E-state index contributed by atoms with van der Waals surface area (Å²) in [5.41, 5.74) is 8.93. The summed E-state index contributed by atoms with van der Waals surface area (Å²) in [5.74, 6) is 0.135. The summed E-state index contributed by atoms with van der Waals surface area (Å²) < 4.78 is 0. The molecule has 2 aromatic rings. The second kappa shape index (κ2) is 9.74. The molecule has 1 aromatic heterocycles. The highest BCUT2D eigenvalue weighted by molar-refractivity contribution is 6.39. The van der Waals surface area contributed by atoms with Crippen LogP contribution in [0, 0.1) is 12.8 Å². The number of carbonyl (C=O) groups is 2. The van der Waals surface area contributed by atoms with Gasteiger partial charge in [-0.05, 0) is 94.3 Å². The molecule has 7 nitrogen and oxygen atoms in total. The SMILES string of the molecule is Cc1cc(NC(=O)C(=O)N2C[C@@H](C)CC[C@@]2(C)c2cccc(C3CCN(C)CC3)c2)cnc1N. The molecular weight excluding hydrogens is 426 g/mol. The molecule has 1 aromatic carbocycles. The Hall–Kier alpha value is -2.93. The van der Waals surface area contributed by atoms with Gasteiger partial charge in [-0.3, -0.25) is 9.59 Å². The summed E-state index contributed by atoms with van der Waals surface area (Å²) in [7, 11) is 2.17. The summed E-state index contributed by atoms with van der Waals surface area (Å²) in [6, 6.07) is 10.4. The Morgan fingerprint density at radius 2 is 1.91 bits per heavy atom. The number of benzene rings is 1. The van der Waals surface area contributed by atoms with E-state index < -0.39 is 17.4 Å². The number of nitrogen functional groups attached to an aromatic ring is 1. The number of nitrogens with two attached hydrogens (primary N) is 1. The summed E-state index contributed by atoms with van der Waals surface area (Å²) in [6.07, 6.45) is 5.62. The third-order valence-electron chi connectivity index (χ3n) is 7.73. The lowest BCUT2D eigenvalue weighted by molar-refractivity contribution is -0.150. The zero-order valence-corrected chi connectivity index (χ0v) is 20.8. The average Bonchev–Trinajstić information content (AvgIpc) is 2.83. The molecule has 2 fully saturated rings. The number of hydrogen-bond donors (Lipinski definition) is 2. The number of amides is 2. The van der Waals surface area contributed by atoms with Gasteiger partial charge in [0.25, 0.3) is 0 Å². The van der Waals surface area contributed by atoms with Gasteiger partial charge in [0.15, 0.2) is 0 Å². The number of pyridine rings is 1. The highest BCUT2D eigenvalue weighted by atomic mass is 16.2. The molecule has 4 rings (SSSR count). The predicted molar refractivity (Wildman–Crippen MR) is 135 cm³/mol. The number of carbonyl (C=O) groups excluding carboxylic acids is 2. The van der Waals surface area contributed by atoms with Gasteiger partial charge in [0.2, 0.25) is 0 Å². The highest BCUT2D eigenvalue weighted by Gasteiger charge is 2.43. The van der Waals surface area contributed by atoms with Crippen molar-refractivity contribution in [2.45, 2.75) is 57.9 Å². The van der Waals surface area contributed by atoms with Crippen LogP contribution < -0.4 is 11.1 Å². The molecule has 2 atom stereocenters. The lowest BCUT2D eigenvalue weighted by Crippen LogP contribution is -2.55. The van der Waals surface area contributed by atoms with E-state index in [1.807, 2.05) is 6.92 Å². The van der Waals surface area contributed by atoms with Gasteiger partial charge >= 0.3 is 11.8 Å². The standard InChI is InChI=1S/C27H37N5O2/c1-18-8-11-27(3,22-7-5-6-21(15-22)20-9-12-31(4)13-10-20)32(17-18)26(34)25(33)30-23-14-19(2)24(28)29-16-23/h5-7,14-16,18,20H,8-13,17H2,1-4H3,(H2,28,29)(H,30,33)/t18-,27-/m0/s1. The summed E-state index contributed by atoms with van der Waals surface area (Å²) in [6.45, 7) is 8.83. The third-order valence-corrected chi connectivity index (χ3v) is 7.73. The van der Waals surface area contributed by atoms with Crippen molar-refractivity contribution in [1.82, 2.24) is 14.8 Å². The van der Waals surface area contributed by atoms with Crippen LogP contribution in [0.4, 0.5) is 11.5 Å². The minimum Gasteiger partial charge on any atom is -0.383 e. The van der Waals surface area contributed by atoms with Crippen LogP contribution in [0.25, 0.3) is 0 Å². The zero-order valence-electron chi connectivity index (χ0n) is 20.8. The van der Waals surface area contributed by atoms with Gasteiger partial charge in [0, 0.05) is 6.54 Å². The fourth-order valence-electron chi connectivity index (χ4n) is 5.30. The first-order chi connectivity index (χ1) is 16.2. The van der Waals surface area contributed by atoms with Crippen molar-refractivity contribution in [3.8, 4) is 0 Å². The Bertz CT molecular complexity index is 1060. The van der Waals surface area contributed by atoms with E-state index in [4.69, 9.17) is 5.73 Å². The molecule has 34 heavy (non-hydrogen) atoms. The van der Waals surface area contributed by atoms with Gasteiger partial charge in [0.1, 0.15) is 5.82 Å². The van der Waals surface area contributed by atoms with Crippen molar-refractivity contribution < 1.29 is 9.59 Å². The van der Waals surface area contributed by atoms with Crippen molar-refractivity contribution >= 4 is 23.3 Å². The van der Waals surface area contributed by atoms with Gasteiger partial charge < -0.3 is 20.9 Å². The van der Waals surface area contributed by atoms with Crippen LogP contribution in [0.2, 0.25) is 0 Å². The van der Waals surface area contributed by atoms with Gasteiger partial charge in [0.05, 0.1) is 17.4 Å². The van der Waals surface area contributed by atoms with Crippen molar-refractivity contribution in [1.29, 1.82) is 0 Å². The molecule has 0 saturated carbocycles. The molecule has 3 heterocycles. The Morgan fingerprint density at radius 1 is 1.18 bits per heavy atom. The lowest BCUT2D eigenvalue weighted by atomic mass is 9.77. The first kappa shape index (κ1) is 24.2. The molecule has 0 aliphatic carbocycles. The second-order valence-corrected chi connectivity index (χ2v) is 10.4. The molecule has 0 unspecified atom stereocenters. The first-order valence-corrected chi connectivity index (χ1v) is 12.3. The van der Waals surface area contributed by atoms with Gasteiger partial charge in [-0.15, -0.1) is 0 Å².